The second-order valence-electron chi connectivity index (χ2n) is 5.84. The molecule has 1 aromatic heterocycles. The highest BCUT2D eigenvalue weighted by molar-refractivity contribution is 7.47. The predicted molar refractivity (Wildman–Crippen MR) is 97.1 cm³/mol. The van der Waals surface area contributed by atoms with E-state index in [9.17, 15) is 24.7 Å². The SMILES string of the molecule is Cc1cn([C@@H]2O[C@H](CO)[C@@H](O)/C2=[P+](/[O-])Oc2ccccc2Cl)c(=O)[nH]c1=O. The lowest BCUT2D eigenvalue weighted by molar-refractivity contribution is -0.166. The van der Waals surface area contributed by atoms with Crippen LogP contribution >= 0.6 is 19.6 Å². The van der Waals surface area contributed by atoms with Gasteiger partial charge in [-0.1, -0.05) is 23.7 Å². The predicted octanol–water partition coefficient (Wildman–Crippen LogP) is -0.327. The molecule has 144 valence electrons. The number of benzene rings is 1. The van der Waals surface area contributed by atoms with Gasteiger partial charge in [0, 0.05) is 11.8 Å². The van der Waals surface area contributed by atoms with Gasteiger partial charge >= 0.3 is 5.69 Å². The van der Waals surface area contributed by atoms with Crippen LogP contribution in [0.1, 0.15) is 11.8 Å². The maximum absolute atomic E-state index is 12.8. The van der Waals surface area contributed by atoms with Gasteiger partial charge in [0.25, 0.3) is 13.6 Å². The monoisotopic (exact) mass is 414 g/mol. The zero-order valence-electron chi connectivity index (χ0n) is 14.0. The van der Waals surface area contributed by atoms with Gasteiger partial charge in [-0.15, -0.1) is 0 Å². The minimum Gasteiger partial charge on any atom is -0.595 e. The summed E-state index contributed by atoms with van der Waals surface area (Å²) in [5, 5.41) is 19.9. The molecule has 4 atom stereocenters. The van der Waals surface area contributed by atoms with Crippen molar-refractivity contribution in [2.75, 3.05) is 6.61 Å². The zero-order valence-corrected chi connectivity index (χ0v) is 15.7. The first-order valence-corrected chi connectivity index (χ1v) is 9.42. The van der Waals surface area contributed by atoms with E-state index in [2.05, 4.69) is 4.98 Å². The first-order chi connectivity index (χ1) is 12.8. The molecular weight excluding hydrogens is 399 g/mol. The fourth-order valence-electron chi connectivity index (χ4n) is 2.62. The molecule has 1 aromatic carbocycles. The van der Waals surface area contributed by atoms with E-state index in [-0.39, 0.29) is 21.6 Å². The molecular formula is C16H16ClN2O7P. The normalized spacial score (nSPS) is 24.1. The van der Waals surface area contributed by atoms with E-state index in [0.717, 1.165) is 4.57 Å². The molecule has 0 bridgehead atoms. The van der Waals surface area contributed by atoms with Crippen molar-refractivity contribution in [2.24, 2.45) is 0 Å². The van der Waals surface area contributed by atoms with Crippen molar-refractivity contribution in [3.05, 3.63) is 61.9 Å². The van der Waals surface area contributed by atoms with Gasteiger partial charge in [-0.05, 0) is 19.1 Å². The van der Waals surface area contributed by atoms with E-state index in [1.807, 2.05) is 0 Å². The Morgan fingerprint density at radius 2 is 2.11 bits per heavy atom. The molecule has 9 nitrogen and oxygen atoms in total. The molecule has 0 radical (unpaired) electrons. The summed E-state index contributed by atoms with van der Waals surface area (Å²) in [5.74, 6) is 0.121. The largest absolute Gasteiger partial charge is 0.595 e. The van der Waals surface area contributed by atoms with E-state index >= 15 is 0 Å². The van der Waals surface area contributed by atoms with Crippen LogP contribution in [-0.4, -0.2) is 43.9 Å². The van der Waals surface area contributed by atoms with Crippen LogP contribution in [0.5, 0.6) is 5.75 Å². The first kappa shape index (κ1) is 19.8. The minimum absolute atomic E-state index is 0.121. The Balaban J connectivity index is 2.09. The standard InChI is InChI=1S/C16H16ClN2O7P/c1-8-6-19(16(23)18-14(8)22)15-13(12(21)11(7-20)25-15)27(24)26-10-5-3-2-4-9(10)17/h2-6,11-12,15,20-21H,7H2,1H3,(H,18,22,23)/t11-,12-,15-/m1/s1. The van der Waals surface area contributed by atoms with Crippen molar-refractivity contribution >= 4 is 24.9 Å². The number of nitrogens with zero attached hydrogens (tertiary/aromatic N) is 1. The van der Waals surface area contributed by atoms with Crippen LogP contribution < -0.4 is 20.7 Å². The van der Waals surface area contributed by atoms with Crippen LogP contribution in [0.15, 0.2) is 40.1 Å². The van der Waals surface area contributed by atoms with Gasteiger partial charge in [-0.3, -0.25) is 18.9 Å². The molecule has 27 heavy (non-hydrogen) atoms. The van der Waals surface area contributed by atoms with Crippen molar-refractivity contribution in [3.63, 3.8) is 0 Å². The minimum atomic E-state index is -2.69. The number of hydrogen-bond donors (Lipinski definition) is 3. The van der Waals surface area contributed by atoms with Crippen molar-refractivity contribution < 1.29 is 24.4 Å². The molecule has 1 saturated heterocycles. The summed E-state index contributed by atoms with van der Waals surface area (Å²) in [6.45, 7) is 0.900. The third-order valence-electron chi connectivity index (χ3n) is 4.02. The molecule has 1 aliphatic heterocycles. The van der Waals surface area contributed by atoms with Crippen LogP contribution in [0.25, 0.3) is 0 Å². The number of aromatic nitrogens is 2. The third kappa shape index (κ3) is 3.84. The summed E-state index contributed by atoms with van der Waals surface area (Å²) in [4.78, 5) is 38.7. The van der Waals surface area contributed by atoms with Gasteiger partial charge in [0.2, 0.25) is 17.3 Å². The van der Waals surface area contributed by atoms with Crippen LogP contribution in [0.4, 0.5) is 0 Å². The van der Waals surface area contributed by atoms with Crippen molar-refractivity contribution in [1.82, 2.24) is 9.55 Å². The van der Waals surface area contributed by atoms with Gasteiger partial charge in [-0.25, -0.2) is 4.79 Å². The number of aromatic amines is 1. The number of aliphatic hydroxyl groups is 2. The first-order valence-electron chi connectivity index (χ1n) is 7.86. The van der Waals surface area contributed by atoms with Gasteiger partial charge in [0.1, 0.15) is 6.10 Å². The van der Waals surface area contributed by atoms with E-state index in [1.165, 1.54) is 25.3 Å². The Bertz CT molecular complexity index is 1000. The fraction of sp³-hybridized carbons (Fsp3) is 0.312. The summed E-state index contributed by atoms with van der Waals surface area (Å²) < 4.78 is 11.8. The maximum atomic E-state index is 12.8. The molecule has 1 fully saturated rings. The van der Waals surface area contributed by atoms with Gasteiger partial charge in [0.05, 0.1) is 11.6 Å². The number of aliphatic hydroxyl groups excluding tert-OH is 2. The maximum Gasteiger partial charge on any atom is 0.330 e. The average Bonchev–Trinajstić information content (AvgIpc) is 2.96. The molecule has 1 aliphatic rings. The Morgan fingerprint density at radius 1 is 1.41 bits per heavy atom. The molecule has 0 amide bonds. The number of ether oxygens (including phenoxy) is 1. The molecule has 2 heterocycles. The molecule has 1 unspecified atom stereocenters. The van der Waals surface area contributed by atoms with Crippen molar-refractivity contribution in [3.8, 4) is 5.75 Å². The molecule has 2 aromatic rings. The lowest BCUT2D eigenvalue weighted by atomic mass is 10.2. The van der Waals surface area contributed by atoms with Gasteiger partial charge < -0.3 is 19.8 Å². The van der Waals surface area contributed by atoms with Crippen LogP contribution in [-0.2, 0) is 4.74 Å². The topological polar surface area (TPSA) is 137 Å². The van der Waals surface area contributed by atoms with Crippen LogP contribution in [0.2, 0.25) is 5.02 Å². The summed E-state index contributed by atoms with van der Waals surface area (Å²) in [7, 11) is -2.69. The lowest BCUT2D eigenvalue weighted by Crippen LogP contribution is -2.36. The Kier molecular flexibility index (Phi) is 5.81. The van der Waals surface area contributed by atoms with E-state index in [1.54, 1.807) is 12.1 Å². The lowest BCUT2D eigenvalue weighted by Gasteiger charge is -2.14. The van der Waals surface area contributed by atoms with Gasteiger partial charge in [-0.2, -0.15) is 0 Å². The van der Waals surface area contributed by atoms with E-state index in [4.69, 9.17) is 20.9 Å². The molecule has 3 N–H and O–H groups in total. The highest BCUT2D eigenvalue weighted by Gasteiger charge is 2.47. The number of para-hydroxylation sites is 1. The van der Waals surface area contributed by atoms with Gasteiger partial charge in [0.15, 0.2) is 6.10 Å². The number of nitrogens with one attached hydrogen (secondary N) is 1. The third-order valence-corrected chi connectivity index (χ3v) is 5.60. The quantitative estimate of drug-likeness (QED) is 0.583. The summed E-state index contributed by atoms with van der Waals surface area (Å²) in [5.41, 5.74) is -1.19. The smallest absolute Gasteiger partial charge is 0.330 e. The van der Waals surface area contributed by atoms with Crippen molar-refractivity contribution in [2.45, 2.75) is 25.4 Å². The molecule has 0 aliphatic carbocycles. The van der Waals surface area contributed by atoms with Crippen molar-refractivity contribution in [1.29, 1.82) is 0 Å². The Morgan fingerprint density at radius 3 is 2.78 bits per heavy atom. The molecule has 0 saturated carbocycles. The molecule has 11 heteroatoms. The number of rotatable bonds is 4. The number of halogens is 1. The number of H-pyrrole nitrogens is 1. The Hall–Kier alpha value is -2.00. The average molecular weight is 415 g/mol. The van der Waals surface area contributed by atoms with E-state index in [0.29, 0.717) is 0 Å². The summed E-state index contributed by atoms with van der Waals surface area (Å²) in [6.07, 6.45) is -2.65. The molecule has 0 spiro atoms. The van der Waals surface area contributed by atoms with E-state index < -0.39 is 44.3 Å². The summed E-state index contributed by atoms with van der Waals surface area (Å²) >= 11 is 5.99. The number of hydrogen-bond acceptors (Lipinski definition) is 7. The number of aryl methyl sites for hydroxylation is 1. The van der Waals surface area contributed by atoms with Crippen LogP contribution in [0, 0.1) is 6.92 Å². The second-order valence-corrected chi connectivity index (χ2v) is 7.46. The highest BCUT2D eigenvalue weighted by atomic mass is 35.5. The molecule has 3 rings (SSSR count). The highest BCUT2D eigenvalue weighted by Crippen LogP contribution is 2.37. The second kappa shape index (κ2) is 7.93. The zero-order chi connectivity index (χ0) is 19.7. The van der Waals surface area contributed by atoms with Crippen LogP contribution in [0.3, 0.4) is 0 Å². The fourth-order valence-corrected chi connectivity index (χ4v) is 4.04. The Labute approximate surface area is 158 Å². The summed E-state index contributed by atoms with van der Waals surface area (Å²) in [6, 6.07) is 6.32.